The van der Waals surface area contributed by atoms with Crippen molar-refractivity contribution in [3.05, 3.63) is 61.7 Å². The second kappa shape index (κ2) is 10.8. The average Bonchev–Trinajstić information content (AvgIpc) is 3.32. The number of anilines is 4. The third kappa shape index (κ3) is 5.41. The quantitative estimate of drug-likeness (QED) is 0.326. The third-order valence-corrected chi connectivity index (χ3v) is 5.54. The molecule has 0 unspecified atom stereocenters. The largest absolute Gasteiger partial charge is 0.494 e. The van der Waals surface area contributed by atoms with Gasteiger partial charge in [-0.15, -0.1) is 0 Å². The molecule has 0 aliphatic rings. The molecule has 0 aliphatic heterocycles. The second-order valence-corrected chi connectivity index (χ2v) is 8.33. The van der Waals surface area contributed by atoms with Gasteiger partial charge >= 0.3 is 0 Å². The molecule has 0 radical (unpaired) electrons. The summed E-state index contributed by atoms with van der Waals surface area (Å²) < 4.78 is 7.42. The lowest BCUT2D eigenvalue weighted by atomic mass is 10.2. The highest BCUT2D eigenvalue weighted by molar-refractivity contribution is 6.02. The number of fused-ring (bicyclic) bond motifs is 1. The van der Waals surface area contributed by atoms with E-state index in [1.165, 1.54) is 12.4 Å². The molecule has 36 heavy (non-hydrogen) atoms. The Morgan fingerprint density at radius 3 is 2.75 bits per heavy atom. The molecule has 0 aliphatic carbocycles. The molecule has 0 fully saturated rings. The van der Waals surface area contributed by atoms with E-state index in [4.69, 9.17) is 4.74 Å². The molecule has 0 bridgehead atoms. The Morgan fingerprint density at radius 1 is 1.17 bits per heavy atom. The summed E-state index contributed by atoms with van der Waals surface area (Å²) in [7, 11) is 7.57. The van der Waals surface area contributed by atoms with Crippen molar-refractivity contribution in [1.82, 2.24) is 29.5 Å². The number of aromatic nitrogens is 5. The molecule has 4 rings (SSSR count). The maximum absolute atomic E-state index is 12.2. The predicted molar refractivity (Wildman–Crippen MR) is 141 cm³/mol. The van der Waals surface area contributed by atoms with Crippen molar-refractivity contribution in [2.45, 2.75) is 0 Å². The average molecular weight is 488 g/mol. The summed E-state index contributed by atoms with van der Waals surface area (Å²) in [5.74, 6) is 1.05. The fourth-order valence-corrected chi connectivity index (χ4v) is 3.62. The van der Waals surface area contributed by atoms with Gasteiger partial charge in [-0.25, -0.2) is 14.5 Å². The van der Waals surface area contributed by atoms with Crippen molar-refractivity contribution >= 4 is 34.4 Å². The first-order valence-electron chi connectivity index (χ1n) is 11.3. The van der Waals surface area contributed by atoms with Gasteiger partial charge in [-0.1, -0.05) is 12.6 Å². The van der Waals surface area contributed by atoms with E-state index < -0.39 is 0 Å². The number of pyridine rings is 1. The minimum absolute atomic E-state index is 0.316. The van der Waals surface area contributed by atoms with Crippen LogP contribution >= 0.6 is 0 Å². The topological polar surface area (TPSA) is 113 Å². The van der Waals surface area contributed by atoms with Gasteiger partial charge in [0, 0.05) is 32.4 Å². The van der Waals surface area contributed by atoms with Crippen molar-refractivity contribution in [3.63, 3.8) is 0 Å². The van der Waals surface area contributed by atoms with Gasteiger partial charge in [-0.3, -0.25) is 4.79 Å². The van der Waals surface area contributed by atoms with E-state index in [0.717, 1.165) is 29.9 Å². The molecular weight excluding hydrogens is 458 g/mol. The SMILES string of the molecule is C=CC(=O)Nc1cc(Nc2ncnc(-c3cnn4ccccc34)n2)c(OC)cc1N(C)CCN(C)C. The summed E-state index contributed by atoms with van der Waals surface area (Å²) in [6.07, 6.45) is 6.25. The van der Waals surface area contributed by atoms with Crippen LogP contribution in [-0.2, 0) is 4.79 Å². The Hall–Kier alpha value is -4.51. The second-order valence-electron chi connectivity index (χ2n) is 8.33. The van der Waals surface area contributed by atoms with E-state index in [-0.39, 0.29) is 5.91 Å². The number of methoxy groups -OCH3 is 1. The van der Waals surface area contributed by atoms with Gasteiger partial charge in [0.2, 0.25) is 11.9 Å². The maximum atomic E-state index is 12.2. The summed E-state index contributed by atoms with van der Waals surface area (Å²) in [6, 6.07) is 9.44. The Bertz CT molecular complexity index is 1380. The number of ether oxygens (including phenoxy) is 1. The van der Waals surface area contributed by atoms with Gasteiger partial charge in [0.1, 0.15) is 12.1 Å². The Kier molecular flexibility index (Phi) is 7.40. The highest BCUT2D eigenvalue weighted by atomic mass is 16.5. The van der Waals surface area contributed by atoms with Crippen LogP contribution in [0.25, 0.3) is 16.9 Å². The smallest absolute Gasteiger partial charge is 0.247 e. The number of carbonyl (C=O) groups excluding carboxylic acids is 1. The van der Waals surface area contributed by atoms with Gasteiger partial charge in [0.05, 0.1) is 41.4 Å². The lowest BCUT2D eigenvalue weighted by molar-refractivity contribution is -0.111. The molecule has 0 atom stereocenters. The molecule has 186 valence electrons. The number of amides is 1. The minimum atomic E-state index is -0.316. The first-order valence-corrected chi connectivity index (χ1v) is 11.3. The molecule has 4 aromatic rings. The van der Waals surface area contributed by atoms with Crippen LogP contribution in [-0.4, -0.2) is 76.7 Å². The number of carbonyl (C=O) groups is 1. The Labute approximate surface area is 209 Å². The molecule has 11 nitrogen and oxygen atoms in total. The zero-order chi connectivity index (χ0) is 25.7. The summed E-state index contributed by atoms with van der Waals surface area (Å²) in [4.78, 5) is 29.5. The van der Waals surface area contributed by atoms with Gasteiger partial charge < -0.3 is 25.2 Å². The van der Waals surface area contributed by atoms with Gasteiger partial charge in [-0.05, 0) is 38.4 Å². The normalized spacial score (nSPS) is 10.9. The molecule has 3 heterocycles. The van der Waals surface area contributed by atoms with E-state index in [2.05, 4.69) is 47.1 Å². The Balaban J connectivity index is 1.69. The third-order valence-electron chi connectivity index (χ3n) is 5.54. The van der Waals surface area contributed by atoms with Gasteiger partial charge in [0.15, 0.2) is 5.82 Å². The highest BCUT2D eigenvalue weighted by Crippen LogP contribution is 2.38. The standard InChI is InChI=1S/C25H29N9O2/c1-6-23(35)29-18-13-19(22(36-5)14-21(18)33(4)12-11-32(2)3)30-25-27-16-26-24(31-25)17-15-28-34-10-8-7-9-20(17)34/h6-10,13-16H,1,11-12H2,2-5H3,(H,29,35)(H,26,27,30,31). The van der Waals surface area contributed by atoms with Crippen LogP contribution < -0.4 is 20.3 Å². The maximum Gasteiger partial charge on any atom is 0.247 e. The monoisotopic (exact) mass is 487 g/mol. The molecule has 2 N–H and O–H groups in total. The molecule has 1 amide bonds. The number of benzene rings is 1. The fourth-order valence-electron chi connectivity index (χ4n) is 3.62. The zero-order valence-electron chi connectivity index (χ0n) is 20.8. The van der Waals surface area contributed by atoms with E-state index in [0.29, 0.717) is 28.9 Å². The lowest BCUT2D eigenvalue weighted by Crippen LogP contribution is -2.29. The van der Waals surface area contributed by atoms with Crippen LogP contribution in [0.4, 0.5) is 23.0 Å². The summed E-state index contributed by atoms with van der Waals surface area (Å²) in [5.41, 5.74) is 3.65. The Morgan fingerprint density at radius 2 is 2.00 bits per heavy atom. The summed E-state index contributed by atoms with van der Waals surface area (Å²) in [5, 5.41) is 10.4. The van der Waals surface area contributed by atoms with Crippen molar-refractivity contribution in [2.24, 2.45) is 0 Å². The molecule has 1 aromatic carbocycles. The number of rotatable bonds is 10. The fraction of sp³-hybridized carbons (Fsp3) is 0.240. The van der Waals surface area contributed by atoms with Crippen LogP contribution in [0.5, 0.6) is 5.75 Å². The molecule has 0 saturated carbocycles. The summed E-state index contributed by atoms with van der Waals surface area (Å²) in [6.45, 7) is 5.15. The minimum Gasteiger partial charge on any atom is -0.494 e. The van der Waals surface area contributed by atoms with Gasteiger partial charge in [-0.2, -0.15) is 10.1 Å². The molecule has 0 saturated heterocycles. The molecule has 11 heteroatoms. The van der Waals surface area contributed by atoms with E-state index in [1.807, 2.05) is 51.6 Å². The first-order chi connectivity index (χ1) is 17.4. The zero-order valence-corrected chi connectivity index (χ0v) is 20.8. The highest BCUT2D eigenvalue weighted by Gasteiger charge is 2.17. The van der Waals surface area contributed by atoms with Crippen molar-refractivity contribution in [3.8, 4) is 17.1 Å². The number of nitrogens with one attached hydrogen (secondary N) is 2. The van der Waals surface area contributed by atoms with Crippen molar-refractivity contribution < 1.29 is 9.53 Å². The van der Waals surface area contributed by atoms with Gasteiger partial charge in [0.25, 0.3) is 0 Å². The number of hydrogen-bond donors (Lipinski definition) is 2. The van der Waals surface area contributed by atoms with Crippen molar-refractivity contribution in [1.29, 1.82) is 0 Å². The number of likely N-dealkylation sites (N-methyl/N-ethyl adjacent to an activating group) is 2. The first kappa shape index (κ1) is 24.6. The van der Waals surface area contributed by atoms with Crippen LogP contribution in [0.15, 0.2) is 61.7 Å². The summed E-state index contributed by atoms with van der Waals surface area (Å²) >= 11 is 0. The van der Waals surface area contributed by atoms with Crippen LogP contribution in [0, 0.1) is 0 Å². The molecule has 0 spiro atoms. The van der Waals surface area contributed by atoms with Crippen LogP contribution in [0.1, 0.15) is 0 Å². The van der Waals surface area contributed by atoms with E-state index >= 15 is 0 Å². The van der Waals surface area contributed by atoms with Crippen LogP contribution in [0.3, 0.4) is 0 Å². The van der Waals surface area contributed by atoms with E-state index in [9.17, 15) is 4.79 Å². The number of hydrogen-bond acceptors (Lipinski definition) is 9. The molecule has 3 aromatic heterocycles. The van der Waals surface area contributed by atoms with E-state index in [1.54, 1.807) is 23.9 Å². The van der Waals surface area contributed by atoms with Crippen molar-refractivity contribution in [2.75, 3.05) is 56.9 Å². The lowest BCUT2D eigenvalue weighted by Gasteiger charge is -2.25. The van der Waals surface area contributed by atoms with Crippen LogP contribution in [0.2, 0.25) is 0 Å². The molecular formula is C25H29N9O2. The predicted octanol–water partition coefficient (Wildman–Crippen LogP) is 3.06. The number of nitrogens with zero attached hydrogens (tertiary/aromatic N) is 7.